The highest BCUT2D eigenvalue weighted by Gasteiger charge is 2.22. The Balaban J connectivity index is 2.47. The molecule has 1 amide bonds. The van der Waals surface area contributed by atoms with E-state index in [9.17, 15) is 9.59 Å². The molecular weight excluding hydrogens is 244 g/mol. The molecule has 0 fully saturated rings. The van der Waals surface area contributed by atoms with Crippen molar-refractivity contribution in [3.8, 4) is 0 Å². The summed E-state index contributed by atoms with van der Waals surface area (Å²) >= 11 is 0. The molecule has 0 aliphatic rings. The van der Waals surface area contributed by atoms with Crippen LogP contribution in [0, 0.1) is 0 Å². The molecule has 1 aromatic rings. The highest BCUT2D eigenvalue weighted by Crippen LogP contribution is 2.10. The van der Waals surface area contributed by atoms with E-state index in [4.69, 9.17) is 10.5 Å². The van der Waals surface area contributed by atoms with Gasteiger partial charge in [0.15, 0.2) is 0 Å². The minimum atomic E-state index is -0.921. The molecule has 0 saturated heterocycles. The van der Waals surface area contributed by atoms with Crippen LogP contribution in [0.5, 0.6) is 0 Å². The molecule has 19 heavy (non-hydrogen) atoms. The zero-order chi connectivity index (χ0) is 14.5. The Bertz CT molecular complexity index is 438. The van der Waals surface area contributed by atoms with Crippen LogP contribution in [0.1, 0.15) is 27.2 Å². The third kappa shape index (κ3) is 6.01. The molecule has 1 aromatic carbocycles. The number of esters is 1. The van der Waals surface area contributed by atoms with Crippen LogP contribution in [-0.2, 0) is 14.3 Å². The quantitative estimate of drug-likeness (QED) is 0.811. The lowest BCUT2D eigenvalue weighted by atomic mass is 10.1. The van der Waals surface area contributed by atoms with Gasteiger partial charge in [0, 0.05) is 5.69 Å². The van der Waals surface area contributed by atoms with Crippen LogP contribution >= 0.6 is 0 Å². The van der Waals surface area contributed by atoms with Crippen molar-refractivity contribution >= 4 is 17.6 Å². The van der Waals surface area contributed by atoms with E-state index in [1.807, 2.05) is 6.07 Å². The van der Waals surface area contributed by atoms with Crippen LogP contribution in [0.4, 0.5) is 5.69 Å². The van der Waals surface area contributed by atoms with E-state index in [0.29, 0.717) is 5.69 Å². The number of para-hydroxylation sites is 1. The average Bonchev–Trinajstić information content (AvgIpc) is 2.27. The lowest BCUT2D eigenvalue weighted by Gasteiger charge is -2.20. The van der Waals surface area contributed by atoms with Crippen molar-refractivity contribution in [1.29, 1.82) is 0 Å². The zero-order valence-corrected chi connectivity index (χ0v) is 11.5. The zero-order valence-electron chi connectivity index (χ0n) is 11.5. The van der Waals surface area contributed by atoms with Crippen molar-refractivity contribution < 1.29 is 14.3 Å². The summed E-state index contributed by atoms with van der Waals surface area (Å²) in [6.45, 7) is 5.29. The highest BCUT2D eigenvalue weighted by molar-refractivity contribution is 5.96. The molecule has 0 saturated carbocycles. The number of hydrogen-bond acceptors (Lipinski definition) is 4. The van der Waals surface area contributed by atoms with Crippen LogP contribution in [0.15, 0.2) is 30.3 Å². The maximum atomic E-state index is 11.8. The first-order chi connectivity index (χ1) is 8.78. The van der Waals surface area contributed by atoms with Gasteiger partial charge >= 0.3 is 5.97 Å². The van der Waals surface area contributed by atoms with E-state index in [1.54, 1.807) is 45.0 Å². The van der Waals surface area contributed by atoms with Gasteiger partial charge in [-0.3, -0.25) is 9.59 Å². The number of hydrogen-bond donors (Lipinski definition) is 2. The van der Waals surface area contributed by atoms with E-state index in [2.05, 4.69) is 5.32 Å². The number of rotatable bonds is 4. The Hall–Kier alpha value is -1.88. The number of nitrogens with one attached hydrogen (secondary N) is 1. The van der Waals surface area contributed by atoms with Crippen molar-refractivity contribution in [1.82, 2.24) is 0 Å². The molecule has 0 bridgehead atoms. The number of carbonyl (C=O) groups excluding carboxylic acids is 2. The van der Waals surface area contributed by atoms with Crippen molar-refractivity contribution in [2.24, 2.45) is 5.73 Å². The van der Waals surface area contributed by atoms with Gasteiger partial charge in [-0.05, 0) is 32.9 Å². The molecule has 1 rings (SSSR count). The minimum absolute atomic E-state index is 0.143. The number of nitrogens with two attached hydrogens (primary N) is 1. The molecule has 0 radical (unpaired) electrons. The number of carbonyl (C=O) groups is 2. The van der Waals surface area contributed by atoms with Crippen LogP contribution in [0.3, 0.4) is 0 Å². The normalized spacial score (nSPS) is 12.6. The second-order valence-electron chi connectivity index (χ2n) is 5.25. The lowest BCUT2D eigenvalue weighted by Crippen LogP contribution is -2.39. The number of amides is 1. The molecule has 104 valence electrons. The SMILES string of the molecule is CC(C)(C)OC(=O)C[C@H](N)C(=O)Nc1ccccc1. The molecule has 0 spiro atoms. The predicted molar refractivity (Wildman–Crippen MR) is 73.5 cm³/mol. The van der Waals surface area contributed by atoms with Crippen LogP contribution in [-0.4, -0.2) is 23.5 Å². The molecule has 0 aliphatic carbocycles. The summed E-state index contributed by atoms with van der Waals surface area (Å²) in [6.07, 6.45) is -0.143. The lowest BCUT2D eigenvalue weighted by molar-refractivity contribution is -0.155. The van der Waals surface area contributed by atoms with Gasteiger partial charge in [0.25, 0.3) is 0 Å². The van der Waals surface area contributed by atoms with Gasteiger partial charge in [-0.25, -0.2) is 0 Å². The largest absolute Gasteiger partial charge is 0.460 e. The van der Waals surface area contributed by atoms with Gasteiger partial charge in [-0.1, -0.05) is 18.2 Å². The van der Waals surface area contributed by atoms with Gasteiger partial charge in [0.05, 0.1) is 12.5 Å². The predicted octanol–water partition coefficient (Wildman–Crippen LogP) is 1.68. The maximum Gasteiger partial charge on any atom is 0.308 e. The Labute approximate surface area is 113 Å². The molecular formula is C14H20N2O3. The van der Waals surface area contributed by atoms with Crippen LogP contribution in [0.25, 0.3) is 0 Å². The van der Waals surface area contributed by atoms with Gasteiger partial charge < -0.3 is 15.8 Å². The summed E-state index contributed by atoms with van der Waals surface area (Å²) in [5.41, 5.74) is 5.74. The molecule has 5 nitrogen and oxygen atoms in total. The van der Waals surface area contributed by atoms with E-state index in [-0.39, 0.29) is 6.42 Å². The standard InChI is InChI=1S/C14H20N2O3/c1-14(2,3)19-12(17)9-11(15)13(18)16-10-7-5-4-6-8-10/h4-8,11H,9,15H2,1-3H3,(H,16,18)/t11-/m0/s1. The molecule has 0 aliphatic heterocycles. The summed E-state index contributed by atoms with van der Waals surface area (Å²) in [5.74, 6) is -0.889. The molecule has 1 atom stereocenters. The monoisotopic (exact) mass is 264 g/mol. The fraction of sp³-hybridized carbons (Fsp3) is 0.429. The average molecular weight is 264 g/mol. The highest BCUT2D eigenvalue weighted by atomic mass is 16.6. The molecule has 5 heteroatoms. The van der Waals surface area contributed by atoms with Crippen molar-refractivity contribution in [2.45, 2.75) is 38.8 Å². The molecule has 3 N–H and O–H groups in total. The van der Waals surface area contributed by atoms with Crippen molar-refractivity contribution in [3.63, 3.8) is 0 Å². The van der Waals surface area contributed by atoms with Crippen molar-refractivity contribution in [3.05, 3.63) is 30.3 Å². The Kier molecular flexibility index (Phi) is 5.06. The molecule has 0 unspecified atom stereocenters. The van der Waals surface area contributed by atoms with Gasteiger partial charge in [-0.2, -0.15) is 0 Å². The van der Waals surface area contributed by atoms with Gasteiger partial charge in [0.2, 0.25) is 5.91 Å². The fourth-order valence-electron chi connectivity index (χ4n) is 1.41. The third-order valence-electron chi connectivity index (χ3n) is 2.18. The Morgan fingerprint density at radius 3 is 2.37 bits per heavy atom. The van der Waals surface area contributed by atoms with Crippen LogP contribution < -0.4 is 11.1 Å². The summed E-state index contributed by atoms with van der Waals surface area (Å²) in [6, 6.07) is 8.02. The summed E-state index contributed by atoms with van der Waals surface area (Å²) in [4.78, 5) is 23.3. The van der Waals surface area contributed by atoms with Crippen LogP contribution in [0.2, 0.25) is 0 Å². The summed E-state index contributed by atoms with van der Waals surface area (Å²) in [7, 11) is 0. The number of benzene rings is 1. The second-order valence-corrected chi connectivity index (χ2v) is 5.25. The van der Waals surface area contributed by atoms with Crippen molar-refractivity contribution in [2.75, 3.05) is 5.32 Å². The van der Waals surface area contributed by atoms with Gasteiger partial charge in [-0.15, -0.1) is 0 Å². The van der Waals surface area contributed by atoms with E-state index >= 15 is 0 Å². The van der Waals surface area contributed by atoms with E-state index in [1.165, 1.54) is 0 Å². The number of ether oxygens (including phenoxy) is 1. The number of anilines is 1. The first-order valence-electron chi connectivity index (χ1n) is 6.11. The maximum absolute atomic E-state index is 11.8. The Morgan fingerprint density at radius 2 is 1.84 bits per heavy atom. The summed E-state index contributed by atoms with van der Waals surface area (Å²) < 4.78 is 5.11. The van der Waals surface area contributed by atoms with Gasteiger partial charge in [0.1, 0.15) is 5.60 Å². The molecule has 0 heterocycles. The minimum Gasteiger partial charge on any atom is -0.460 e. The smallest absolute Gasteiger partial charge is 0.308 e. The third-order valence-corrected chi connectivity index (χ3v) is 2.18. The first-order valence-corrected chi connectivity index (χ1v) is 6.11. The summed E-state index contributed by atoms with van der Waals surface area (Å²) in [5, 5.41) is 2.64. The van der Waals surface area contributed by atoms with E-state index < -0.39 is 23.5 Å². The molecule has 0 aromatic heterocycles. The first kappa shape index (κ1) is 15.2. The fourth-order valence-corrected chi connectivity index (χ4v) is 1.41. The topological polar surface area (TPSA) is 81.4 Å². The Morgan fingerprint density at radius 1 is 1.26 bits per heavy atom. The second kappa shape index (κ2) is 6.33. The van der Waals surface area contributed by atoms with E-state index in [0.717, 1.165) is 0 Å².